The van der Waals surface area contributed by atoms with E-state index in [4.69, 9.17) is 11.6 Å². The molecule has 1 aromatic heterocycles. The molecule has 2 atom stereocenters. The summed E-state index contributed by atoms with van der Waals surface area (Å²) in [5.74, 6) is -0.690. The Kier molecular flexibility index (Phi) is 5.46. The lowest BCUT2D eigenvalue weighted by molar-refractivity contribution is -0.143. The molecule has 0 spiro atoms. The summed E-state index contributed by atoms with van der Waals surface area (Å²) in [7, 11) is 1.86. The van der Waals surface area contributed by atoms with E-state index in [-0.39, 0.29) is 12.6 Å². The summed E-state index contributed by atoms with van der Waals surface area (Å²) in [4.78, 5) is 30.0. The zero-order chi connectivity index (χ0) is 18.7. The van der Waals surface area contributed by atoms with Gasteiger partial charge in [-0.05, 0) is 30.5 Å². The number of carbonyl (C=O) groups excluding carboxylic acids is 1. The molecule has 0 radical (unpaired) electrons. The van der Waals surface area contributed by atoms with Gasteiger partial charge in [-0.2, -0.15) is 0 Å². The third-order valence-corrected chi connectivity index (χ3v) is 4.90. The van der Waals surface area contributed by atoms with Gasteiger partial charge in [0.1, 0.15) is 11.9 Å². The van der Waals surface area contributed by atoms with Crippen LogP contribution in [0.3, 0.4) is 0 Å². The lowest BCUT2D eigenvalue weighted by Gasteiger charge is -2.32. The lowest BCUT2D eigenvalue weighted by Crippen LogP contribution is -2.48. The molecular weight excluding hydrogens is 356 g/mol. The number of benzene rings is 1. The Morgan fingerprint density at radius 2 is 2.08 bits per heavy atom. The number of aliphatic carboxylic acids is 1. The van der Waals surface area contributed by atoms with Crippen molar-refractivity contribution in [3.05, 3.63) is 53.1 Å². The molecule has 0 aliphatic carbocycles. The molecule has 1 fully saturated rings. The molecule has 2 heterocycles. The van der Waals surface area contributed by atoms with E-state index in [1.54, 1.807) is 23.2 Å². The largest absolute Gasteiger partial charge is 0.481 e. The second-order valence-electron chi connectivity index (χ2n) is 6.45. The average molecular weight is 377 g/mol. The minimum Gasteiger partial charge on any atom is -0.481 e. The first-order valence-corrected chi connectivity index (χ1v) is 8.84. The fourth-order valence-electron chi connectivity index (χ4n) is 3.19. The fourth-order valence-corrected chi connectivity index (χ4v) is 3.31. The number of hydrogen-bond acceptors (Lipinski definition) is 3. The lowest BCUT2D eigenvalue weighted by atomic mass is 9.98. The maximum Gasteiger partial charge on any atom is 0.318 e. The van der Waals surface area contributed by atoms with E-state index in [2.05, 4.69) is 10.3 Å². The molecule has 2 N–H and O–H groups in total. The van der Waals surface area contributed by atoms with E-state index in [0.29, 0.717) is 30.2 Å². The van der Waals surface area contributed by atoms with Gasteiger partial charge in [0.05, 0.1) is 5.92 Å². The van der Waals surface area contributed by atoms with Crippen LogP contribution in [0.2, 0.25) is 5.02 Å². The maximum atomic E-state index is 12.8. The van der Waals surface area contributed by atoms with Crippen LogP contribution in [-0.4, -0.2) is 44.6 Å². The number of amides is 2. The maximum absolute atomic E-state index is 12.8. The van der Waals surface area contributed by atoms with Crippen molar-refractivity contribution in [3.63, 3.8) is 0 Å². The predicted molar refractivity (Wildman–Crippen MR) is 97.0 cm³/mol. The van der Waals surface area contributed by atoms with Gasteiger partial charge in [-0.15, -0.1) is 0 Å². The van der Waals surface area contributed by atoms with Crippen LogP contribution in [0.4, 0.5) is 4.79 Å². The number of hydrogen-bond donors (Lipinski definition) is 2. The molecule has 0 bridgehead atoms. The summed E-state index contributed by atoms with van der Waals surface area (Å²) in [5, 5.41) is 12.8. The highest BCUT2D eigenvalue weighted by atomic mass is 35.5. The predicted octanol–water partition coefficient (Wildman–Crippen LogP) is 2.67. The third-order valence-electron chi connectivity index (χ3n) is 4.65. The molecule has 1 aliphatic rings. The van der Waals surface area contributed by atoms with Gasteiger partial charge in [-0.1, -0.05) is 23.7 Å². The fraction of sp³-hybridized carbons (Fsp3) is 0.389. The SMILES string of the molecule is Cn1ccnc1C(NC(=O)N1CCCC(C(=O)O)C1)c1ccc(Cl)cc1. The van der Waals surface area contributed by atoms with Gasteiger partial charge < -0.3 is 19.9 Å². The molecule has 26 heavy (non-hydrogen) atoms. The monoisotopic (exact) mass is 376 g/mol. The number of carbonyl (C=O) groups is 2. The van der Waals surface area contributed by atoms with Crippen molar-refractivity contribution >= 4 is 23.6 Å². The van der Waals surface area contributed by atoms with E-state index in [1.165, 1.54) is 0 Å². The molecule has 8 heteroatoms. The highest BCUT2D eigenvalue weighted by Gasteiger charge is 2.30. The first kappa shape index (κ1) is 18.3. The first-order chi connectivity index (χ1) is 12.5. The van der Waals surface area contributed by atoms with E-state index in [9.17, 15) is 14.7 Å². The number of aromatic nitrogens is 2. The van der Waals surface area contributed by atoms with Crippen molar-refractivity contribution in [2.24, 2.45) is 13.0 Å². The average Bonchev–Trinajstić information content (AvgIpc) is 3.06. The molecule has 2 amide bonds. The minimum atomic E-state index is -0.860. The van der Waals surface area contributed by atoms with E-state index < -0.39 is 17.9 Å². The Bertz CT molecular complexity index is 790. The number of nitrogens with one attached hydrogen (secondary N) is 1. The molecule has 3 rings (SSSR count). The Labute approximate surface area is 156 Å². The number of aryl methyl sites for hydroxylation is 1. The number of nitrogens with zero attached hydrogens (tertiary/aromatic N) is 3. The molecule has 2 unspecified atom stereocenters. The standard InChI is InChI=1S/C18H21ClN4O3/c1-22-10-8-20-16(22)15(12-4-6-14(19)7-5-12)21-18(26)23-9-2-3-13(11-23)17(24)25/h4-8,10,13,15H,2-3,9,11H2,1H3,(H,21,26)(H,24,25). The first-order valence-electron chi connectivity index (χ1n) is 8.46. The van der Waals surface area contributed by atoms with Gasteiger partial charge >= 0.3 is 12.0 Å². The van der Waals surface area contributed by atoms with Gasteiger partial charge in [0.15, 0.2) is 0 Å². The summed E-state index contributed by atoms with van der Waals surface area (Å²) in [6, 6.07) is 6.47. The molecule has 2 aromatic rings. The number of rotatable bonds is 4. The molecule has 7 nitrogen and oxygen atoms in total. The minimum absolute atomic E-state index is 0.217. The van der Waals surface area contributed by atoms with Crippen LogP contribution in [0.25, 0.3) is 0 Å². The Balaban J connectivity index is 1.81. The van der Waals surface area contributed by atoms with Crippen LogP contribution in [0.1, 0.15) is 30.3 Å². The molecular formula is C18H21ClN4O3. The second kappa shape index (κ2) is 7.78. The van der Waals surface area contributed by atoms with E-state index in [1.807, 2.05) is 29.9 Å². The summed E-state index contributed by atoms with van der Waals surface area (Å²) in [6.45, 7) is 0.762. The number of carboxylic acids is 1. The zero-order valence-corrected chi connectivity index (χ0v) is 15.2. The van der Waals surface area contributed by atoms with Gasteiger partial charge in [0.2, 0.25) is 0 Å². The second-order valence-corrected chi connectivity index (χ2v) is 6.89. The molecule has 1 aromatic carbocycles. The third kappa shape index (κ3) is 3.99. The number of likely N-dealkylation sites (tertiary alicyclic amines) is 1. The number of carboxylic acid groups (broad SMARTS) is 1. The summed E-state index contributed by atoms with van der Waals surface area (Å²) < 4.78 is 1.84. The van der Waals surface area contributed by atoms with Gasteiger partial charge in [-0.3, -0.25) is 4.79 Å². The Hall–Kier alpha value is -2.54. The van der Waals surface area contributed by atoms with Crippen LogP contribution in [-0.2, 0) is 11.8 Å². The normalized spacial score (nSPS) is 18.4. The Morgan fingerprint density at radius 1 is 1.35 bits per heavy atom. The van der Waals surface area contributed by atoms with Crippen LogP contribution in [0.15, 0.2) is 36.7 Å². The van der Waals surface area contributed by atoms with Crippen LogP contribution >= 0.6 is 11.6 Å². The molecule has 138 valence electrons. The number of piperidine rings is 1. The van der Waals surface area contributed by atoms with Crippen LogP contribution in [0, 0.1) is 5.92 Å². The quantitative estimate of drug-likeness (QED) is 0.858. The molecule has 0 saturated carbocycles. The summed E-state index contributed by atoms with van der Waals surface area (Å²) >= 11 is 5.97. The topological polar surface area (TPSA) is 87.5 Å². The zero-order valence-electron chi connectivity index (χ0n) is 14.4. The number of imidazole rings is 1. The summed E-state index contributed by atoms with van der Waals surface area (Å²) in [6.07, 6.45) is 4.76. The van der Waals surface area contributed by atoms with Crippen molar-refractivity contribution in [1.82, 2.24) is 19.8 Å². The van der Waals surface area contributed by atoms with Crippen molar-refractivity contribution in [2.45, 2.75) is 18.9 Å². The highest BCUT2D eigenvalue weighted by Crippen LogP contribution is 2.24. The van der Waals surface area contributed by atoms with Gasteiger partial charge in [-0.25, -0.2) is 9.78 Å². The van der Waals surface area contributed by atoms with E-state index >= 15 is 0 Å². The van der Waals surface area contributed by atoms with Crippen molar-refractivity contribution in [3.8, 4) is 0 Å². The van der Waals surface area contributed by atoms with E-state index in [0.717, 1.165) is 5.56 Å². The van der Waals surface area contributed by atoms with Crippen LogP contribution < -0.4 is 5.32 Å². The smallest absolute Gasteiger partial charge is 0.318 e. The van der Waals surface area contributed by atoms with Gasteiger partial charge in [0.25, 0.3) is 0 Å². The van der Waals surface area contributed by atoms with Crippen molar-refractivity contribution < 1.29 is 14.7 Å². The highest BCUT2D eigenvalue weighted by molar-refractivity contribution is 6.30. The summed E-state index contributed by atoms with van der Waals surface area (Å²) in [5.41, 5.74) is 0.851. The Morgan fingerprint density at radius 3 is 2.69 bits per heavy atom. The van der Waals surface area contributed by atoms with Crippen molar-refractivity contribution in [1.29, 1.82) is 0 Å². The molecule has 1 saturated heterocycles. The molecule has 1 aliphatic heterocycles. The number of halogens is 1. The van der Waals surface area contributed by atoms with Gasteiger partial charge in [0, 0.05) is 37.6 Å². The van der Waals surface area contributed by atoms with Crippen molar-refractivity contribution in [2.75, 3.05) is 13.1 Å². The number of urea groups is 1. The van der Waals surface area contributed by atoms with Crippen LogP contribution in [0.5, 0.6) is 0 Å².